The number of aromatic nitrogens is 2. The Kier molecular flexibility index (Phi) is 6.94. The molecule has 0 spiro atoms. The lowest BCUT2D eigenvalue weighted by atomic mass is 9.86. The van der Waals surface area contributed by atoms with Crippen LogP contribution < -0.4 is 4.74 Å². The maximum absolute atomic E-state index is 11.6. The predicted octanol–water partition coefficient (Wildman–Crippen LogP) is 5.07. The van der Waals surface area contributed by atoms with Gasteiger partial charge in [0.05, 0.1) is 17.7 Å². The zero-order valence-corrected chi connectivity index (χ0v) is 17.2. The summed E-state index contributed by atoms with van der Waals surface area (Å²) < 4.78 is 13.5. The Morgan fingerprint density at radius 1 is 1.29 bits per heavy atom. The molecule has 3 rings (SSSR count). The maximum Gasteiger partial charge on any atom is 0.339 e. The van der Waals surface area contributed by atoms with E-state index in [4.69, 9.17) is 14.6 Å². The van der Waals surface area contributed by atoms with Gasteiger partial charge < -0.3 is 14.6 Å². The molecule has 0 radical (unpaired) electrons. The highest BCUT2D eigenvalue weighted by molar-refractivity contribution is 5.96. The summed E-state index contributed by atoms with van der Waals surface area (Å²) in [5.41, 5.74) is 0.972. The van der Waals surface area contributed by atoms with Gasteiger partial charge in [0.2, 0.25) is 0 Å². The van der Waals surface area contributed by atoms with Crippen LogP contribution in [0.15, 0.2) is 18.3 Å². The Labute approximate surface area is 166 Å². The van der Waals surface area contributed by atoms with Crippen molar-refractivity contribution in [2.75, 3.05) is 13.2 Å². The van der Waals surface area contributed by atoms with Crippen LogP contribution in [0, 0.1) is 5.92 Å². The number of ether oxygens (including phenoxy) is 2. The highest BCUT2D eigenvalue weighted by atomic mass is 16.5. The number of fused-ring (bicyclic) bond motifs is 1. The molecule has 6 heteroatoms. The number of carboxylic acid groups (broad SMARTS) is 1. The van der Waals surface area contributed by atoms with Crippen molar-refractivity contribution in [3.8, 4) is 5.75 Å². The minimum Gasteiger partial charge on any atom is -0.490 e. The molecule has 28 heavy (non-hydrogen) atoms. The van der Waals surface area contributed by atoms with Crippen molar-refractivity contribution in [3.05, 3.63) is 23.9 Å². The molecule has 1 N–H and O–H groups in total. The Bertz CT molecular complexity index is 791. The lowest BCUT2D eigenvalue weighted by Crippen LogP contribution is -2.21. The van der Waals surface area contributed by atoms with Crippen LogP contribution in [0.25, 0.3) is 10.9 Å². The van der Waals surface area contributed by atoms with E-state index in [0.717, 1.165) is 56.2 Å². The van der Waals surface area contributed by atoms with Gasteiger partial charge in [0, 0.05) is 30.9 Å². The van der Waals surface area contributed by atoms with Gasteiger partial charge in [0.15, 0.2) is 0 Å². The number of carboxylic acids is 1. The monoisotopic (exact) mass is 388 g/mol. The Balaban J connectivity index is 1.68. The summed E-state index contributed by atoms with van der Waals surface area (Å²) in [4.78, 5) is 11.6. The molecule has 0 unspecified atom stereocenters. The van der Waals surface area contributed by atoms with Gasteiger partial charge >= 0.3 is 5.97 Å². The molecule has 1 fully saturated rings. The van der Waals surface area contributed by atoms with Crippen LogP contribution in [0.4, 0.5) is 0 Å². The number of unbranched alkanes of at least 4 members (excludes halogenated alkanes) is 1. The third kappa shape index (κ3) is 5.04. The second-order valence-corrected chi connectivity index (χ2v) is 8.09. The van der Waals surface area contributed by atoms with E-state index in [1.807, 2.05) is 24.7 Å². The molecule has 1 saturated carbocycles. The van der Waals surface area contributed by atoms with Crippen molar-refractivity contribution in [2.24, 2.45) is 5.92 Å². The van der Waals surface area contributed by atoms with Crippen LogP contribution in [-0.4, -0.2) is 40.2 Å². The smallest absolute Gasteiger partial charge is 0.339 e. The van der Waals surface area contributed by atoms with Gasteiger partial charge in [-0.25, -0.2) is 4.79 Å². The third-order valence-electron chi connectivity index (χ3n) is 5.40. The van der Waals surface area contributed by atoms with Gasteiger partial charge in [-0.2, -0.15) is 5.10 Å². The maximum atomic E-state index is 11.6. The van der Waals surface area contributed by atoms with Gasteiger partial charge in [-0.05, 0) is 57.9 Å². The minimum atomic E-state index is -0.978. The molecule has 0 saturated heterocycles. The summed E-state index contributed by atoms with van der Waals surface area (Å²) in [7, 11) is 0. The fraction of sp³-hybridized carbons (Fsp3) is 0.636. The highest BCUT2D eigenvalue weighted by Crippen LogP contribution is 2.34. The average Bonchev–Trinajstić information content (AvgIpc) is 3.07. The van der Waals surface area contributed by atoms with E-state index in [9.17, 15) is 9.90 Å². The molecule has 154 valence electrons. The van der Waals surface area contributed by atoms with Crippen LogP contribution in [0.1, 0.15) is 75.7 Å². The molecular formula is C22H32N2O4. The normalized spacial score (nSPS) is 20.0. The van der Waals surface area contributed by atoms with E-state index in [0.29, 0.717) is 17.7 Å². The van der Waals surface area contributed by atoms with Gasteiger partial charge in [0.1, 0.15) is 11.3 Å². The van der Waals surface area contributed by atoms with Crippen molar-refractivity contribution in [1.29, 1.82) is 0 Å². The van der Waals surface area contributed by atoms with Gasteiger partial charge in [-0.15, -0.1) is 0 Å². The van der Waals surface area contributed by atoms with E-state index < -0.39 is 5.97 Å². The highest BCUT2D eigenvalue weighted by Gasteiger charge is 2.24. The van der Waals surface area contributed by atoms with Crippen molar-refractivity contribution < 1.29 is 19.4 Å². The first kappa shape index (κ1) is 20.6. The summed E-state index contributed by atoms with van der Waals surface area (Å²) >= 11 is 0. The zero-order chi connectivity index (χ0) is 20.1. The number of nitrogens with zero attached hydrogens (tertiary/aromatic N) is 2. The molecule has 0 atom stereocenters. The molecule has 1 aromatic heterocycles. The molecule has 1 aliphatic rings. The van der Waals surface area contributed by atoms with E-state index in [2.05, 4.69) is 6.92 Å². The second-order valence-electron chi connectivity index (χ2n) is 8.09. The molecule has 0 bridgehead atoms. The fourth-order valence-corrected chi connectivity index (χ4v) is 3.85. The summed E-state index contributed by atoms with van der Waals surface area (Å²) in [6, 6.07) is 3.79. The molecule has 0 aliphatic heterocycles. The molecule has 1 aliphatic carbocycles. The topological polar surface area (TPSA) is 73.6 Å². The Morgan fingerprint density at radius 3 is 2.68 bits per heavy atom. The molecule has 1 aromatic carbocycles. The van der Waals surface area contributed by atoms with Gasteiger partial charge in [-0.1, -0.05) is 13.3 Å². The SMILES string of the molecule is CCCCOCC1CCC(n2cc3cc(C(=O)O)c(OC(C)C)cc3n2)CC1. The van der Waals surface area contributed by atoms with Crippen LogP contribution in [-0.2, 0) is 4.74 Å². The lowest BCUT2D eigenvalue weighted by Gasteiger charge is -2.28. The number of carbonyl (C=O) groups is 1. The number of aromatic carboxylic acids is 1. The molecule has 2 aromatic rings. The zero-order valence-electron chi connectivity index (χ0n) is 17.2. The lowest BCUT2D eigenvalue weighted by molar-refractivity contribution is 0.0690. The first-order chi connectivity index (χ1) is 13.5. The Hall–Kier alpha value is -2.08. The van der Waals surface area contributed by atoms with Crippen molar-refractivity contribution in [2.45, 2.75) is 71.4 Å². The van der Waals surface area contributed by atoms with E-state index >= 15 is 0 Å². The average molecular weight is 389 g/mol. The predicted molar refractivity (Wildman–Crippen MR) is 109 cm³/mol. The third-order valence-corrected chi connectivity index (χ3v) is 5.40. The minimum absolute atomic E-state index is 0.0903. The number of rotatable bonds is 9. The number of hydrogen-bond acceptors (Lipinski definition) is 4. The Morgan fingerprint density at radius 2 is 2.04 bits per heavy atom. The van der Waals surface area contributed by atoms with E-state index in [1.165, 1.54) is 6.42 Å². The van der Waals surface area contributed by atoms with Crippen molar-refractivity contribution in [1.82, 2.24) is 9.78 Å². The fourth-order valence-electron chi connectivity index (χ4n) is 3.85. The van der Waals surface area contributed by atoms with E-state index in [-0.39, 0.29) is 11.7 Å². The van der Waals surface area contributed by atoms with Gasteiger partial charge in [0.25, 0.3) is 0 Å². The largest absolute Gasteiger partial charge is 0.490 e. The quantitative estimate of drug-likeness (QED) is 0.607. The molecule has 1 heterocycles. The van der Waals surface area contributed by atoms with E-state index in [1.54, 1.807) is 12.1 Å². The van der Waals surface area contributed by atoms with Crippen molar-refractivity contribution in [3.63, 3.8) is 0 Å². The molecule has 6 nitrogen and oxygen atoms in total. The van der Waals surface area contributed by atoms with Crippen LogP contribution in [0.2, 0.25) is 0 Å². The summed E-state index contributed by atoms with van der Waals surface area (Å²) in [5, 5.41) is 15.1. The first-order valence-electron chi connectivity index (χ1n) is 10.5. The number of hydrogen-bond donors (Lipinski definition) is 1. The van der Waals surface area contributed by atoms with Crippen molar-refractivity contribution >= 4 is 16.9 Å². The standard InChI is InChI=1S/C22H32N2O4/c1-4-5-10-27-14-16-6-8-18(9-7-16)24-13-17-11-19(22(25)26)21(28-15(2)3)12-20(17)23-24/h11-13,15-16,18H,4-10,14H2,1-3H3,(H,25,26). The molecular weight excluding hydrogens is 356 g/mol. The second kappa shape index (κ2) is 9.41. The number of benzene rings is 1. The summed E-state index contributed by atoms with van der Waals surface area (Å²) in [6.45, 7) is 7.69. The van der Waals surface area contributed by atoms with Crippen LogP contribution >= 0.6 is 0 Å². The summed E-state index contributed by atoms with van der Waals surface area (Å²) in [5.74, 6) is 0.0461. The van der Waals surface area contributed by atoms with Gasteiger partial charge in [-0.3, -0.25) is 4.68 Å². The molecule has 0 amide bonds. The summed E-state index contributed by atoms with van der Waals surface area (Å²) in [6.07, 6.45) is 8.65. The van der Waals surface area contributed by atoms with Crippen LogP contribution in [0.3, 0.4) is 0 Å². The van der Waals surface area contributed by atoms with Crippen LogP contribution in [0.5, 0.6) is 5.75 Å². The first-order valence-corrected chi connectivity index (χ1v) is 10.5.